The number of carbonyl (C=O) groups excluding carboxylic acids is 1. The van der Waals surface area contributed by atoms with Crippen LogP contribution in [0.4, 0.5) is 0 Å². The van der Waals surface area contributed by atoms with E-state index in [4.69, 9.17) is 5.73 Å². The minimum Gasteiger partial charge on any atom is -0.351 e. The first-order valence-electron chi connectivity index (χ1n) is 7.54. The van der Waals surface area contributed by atoms with Crippen molar-refractivity contribution in [3.05, 3.63) is 35.9 Å². The van der Waals surface area contributed by atoms with Crippen LogP contribution in [-0.2, 0) is 11.3 Å². The molecule has 20 heavy (non-hydrogen) atoms. The number of nitrogens with two attached hydrogens (primary N) is 1. The minimum atomic E-state index is 0.126. The quantitative estimate of drug-likeness (QED) is 0.868. The van der Waals surface area contributed by atoms with Gasteiger partial charge in [-0.25, -0.2) is 0 Å². The zero-order valence-corrected chi connectivity index (χ0v) is 11.8. The third-order valence-corrected chi connectivity index (χ3v) is 4.58. The lowest BCUT2D eigenvalue weighted by Crippen LogP contribution is -2.50. The molecule has 1 aromatic rings. The van der Waals surface area contributed by atoms with Gasteiger partial charge in [-0.3, -0.25) is 9.69 Å². The van der Waals surface area contributed by atoms with Crippen molar-refractivity contribution < 1.29 is 4.79 Å². The van der Waals surface area contributed by atoms with Gasteiger partial charge in [0.05, 0.1) is 6.54 Å². The van der Waals surface area contributed by atoms with Crippen molar-refractivity contribution in [1.82, 2.24) is 10.2 Å². The fraction of sp³-hybridized carbons (Fsp3) is 0.562. The van der Waals surface area contributed by atoms with E-state index >= 15 is 0 Å². The number of benzene rings is 1. The van der Waals surface area contributed by atoms with Crippen LogP contribution in [0.3, 0.4) is 0 Å². The molecule has 0 spiro atoms. The molecule has 3 N–H and O–H groups in total. The highest BCUT2D eigenvalue weighted by Crippen LogP contribution is 2.34. The summed E-state index contributed by atoms with van der Waals surface area (Å²) in [5.74, 6) is 0.126. The highest BCUT2D eigenvalue weighted by molar-refractivity contribution is 5.78. The first kappa shape index (κ1) is 13.6. The lowest BCUT2D eigenvalue weighted by atomic mass is 9.98. The summed E-state index contributed by atoms with van der Waals surface area (Å²) in [6.07, 6.45) is 4.49. The Morgan fingerprint density at radius 1 is 1.20 bits per heavy atom. The number of amides is 1. The molecule has 2 fully saturated rings. The van der Waals surface area contributed by atoms with Crippen molar-refractivity contribution in [2.24, 2.45) is 5.73 Å². The van der Waals surface area contributed by atoms with E-state index in [1.165, 1.54) is 12.8 Å². The molecule has 1 amide bonds. The second-order valence-electron chi connectivity index (χ2n) is 6.05. The molecule has 108 valence electrons. The third kappa shape index (κ3) is 3.02. The van der Waals surface area contributed by atoms with Crippen LogP contribution >= 0.6 is 0 Å². The summed E-state index contributed by atoms with van der Waals surface area (Å²) in [5.41, 5.74) is 7.20. The molecule has 3 rings (SSSR count). The first-order valence-corrected chi connectivity index (χ1v) is 7.54. The van der Waals surface area contributed by atoms with E-state index in [9.17, 15) is 4.79 Å². The van der Waals surface area contributed by atoms with Crippen molar-refractivity contribution in [3.8, 4) is 0 Å². The van der Waals surface area contributed by atoms with Crippen LogP contribution in [0.2, 0.25) is 0 Å². The van der Waals surface area contributed by atoms with E-state index in [0.717, 1.165) is 18.4 Å². The molecule has 2 aliphatic rings. The summed E-state index contributed by atoms with van der Waals surface area (Å²) >= 11 is 0. The average molecular weight is 273 g/mol. The second kappa shape index (κ2) is 5.94. The Morgan fingerprint density at radius 2 is 1.85 bits per heavy atom. The van der Waals surface area contributed by atoms with Gasteiger partial charge < -0.3 is 11.1 Å². The SMILES string of the molecule is NC1CC2CCC(C1)N2CC(=O)NCc1ccccc1. The Bertz CT molecular complexity index is 448. The largest absolute Gasteiger partial charge is 0.351 e. The smallest absolute Gasteiger partial charge is 0.234 e. The van der Waals surface area contributed by atoms with Gasteiger partial charge in [-0.1, -0.05) is 30.3 Å². The van der Waals surface area contributed by atoms with Crippen molar-refractivity contribution in [1.29, 1.82) is 0 Å². The zero-order chi connectivity index (χ0) is 13.9. The van der Waals surface area contributed by atoms with E-state index < -0.39 is 0 Å². The van der Waals surface area contributed by atoms with Crippen molar-refractivity contribution in [2.45, 2.75) is 50.4 Å². The van der Waals surface area contributed by atoms with Gasteiger partial charge in [-0.15, -0.1) is 0 Å². The predicted octanol–water partition coefficient (Wildman–Crippen LogP) is 1.26. The van der Waals surface area contributed by atoms with Gasteiger partial charge in [0, 0.05) is 24.7 Å². The number of nitrogens with zero attached hydrogens (tertiary/aromatic N) is 1. The summed E-state index contributed by atoms with van der Waals surface area (Å²) in [5, 5.41) is 3.01. The highest BCUT2D eigenvalue weighted by Gasteiger charge is 2.40. The van der Waals surface area contributed by atoms with Gasteiger partial charge in [-0.2, -0.15) is 0 Å². The number of nitrogens with one attached hydrogen (secondary N) is 1. The molecule has 0 aliphatic carbocycles. The van der Waals surface area contributed by atoms with Crippen LogP contribution < -0.4 is 11.1 Å². The Morgan fingerprint density at radius 3 is 2.50 bits per heavy atom. The zero-order valence-electron chi connectivity index (χ0n) is 11.8. The van der Waals surface area contributed by atoms with Crippen LogP contribution in [0.25, 0.3) is 0 Å². The van der Waals surface area contributed by atoms with Gasteiger partial charge in [0.1, 0.15) is 0 Å². The van der Waals surface area contributed by atoms with Gasteiger partial charge in [0.25, 0.3) is 0 Å². The molecule has 2 unspecified atom stereocenters. The summed E-state index contributed by atoms with van der Waals surface area (Å²) in [6.45, 7) is 1.14. The summed E-state index contributed by atoms with van der Waals surface area (Å²) in [7, 11) is 0. The molecule has 2 atom stereocenters. The second-order valence-corrected chi connectivity index (χ2v) is 6.05. The highest BCUT2D eigenvalue weighted by atomic mass is 16.2. The van der Waals surface area contributed by atoms with Gasteiger partial charge in [-0.05, 0) is 31.2 Å². The van der Waals surface area contributed by atoms with Crippen molar-refractivity contribution in [2.75, 3.05) is 6.54 Å². The van der Waals surface area contributed by atoms with E-state index in [1.54, 1.807) is 0 Å². The molecule has 0 radical (unpaired) electrons. The first-order chi connectivity index (χ1) is 9.72. The normalized spacial score (nSPS) is 29.4. The number of hydrogen-bond acceptors (Lipinski definition) is 3. The van der Waals surface area contributed by atoms with Gasteiger partial charge in [0.15, 0.2) is 0 Å². The number of rotatable bonds is 4. The molecule has 0 saturated carbocycles. The monoisotopic (exact) mass is 273 g/mol. The number of piperidine rings is 1. The summed E-state index contributed by atoms with van der Waals surface area (Å²) < 4.78 is 0. The lowest BCUT2D eigenvalue weighted by molar-refractivity contribution is -0.123. The summed E-state index contributed by atoms with van der Waals surface area (Å²) in [6, 6.07) is 11.4. The Balaban J connectivity index is 1.50. The standard InChI is InChI=1S/C16H23N3O/c17-13-8-14-6-7-15(9-13)19(14)11-16(20)18-10-12-4-2-1-3-5-12/h1-5,13-15H,6-11,17H2,(H,18,20). The maximum absolute atomic E-state index is 12.1. The van der Waals surface area contributed by atoms with E-state index in [-0.39, 0.29) is 5.91 Å². The van der Waals surface area contributed by atoms with Crippen LogP contribution in [0.5, 0.6) is 0 Å². The number of fused-ring (bicyclic) bond motifs is 2. The molecule has 2 heterocycles. The Kier molecular flexibility index (Phi) is 4.03. The Hall–Kier alpha value is -1.39. The van der Waals surface area contributed by atoms with Crippen molar-refractivity contribution in [3.63, 3.8) is 0 Å². The van der Waals surface area contributed by atoms with Crippen LogP contribution in [0, 0.1) is 0 Å². The number of carbonyl (C=O) groups is 1. The van der Waals surface area contributed by atoms with E-state index in [2.05, 4.69) is 10.2 Å². The fourth-order valence-electron chi connectivity index (χ4n) is 3.59. The fourth-order valence-corrected chi connectivity index (χ4v) is 3.59. The molecule has 2 bridgehead atoms. The van der Waals surface area contributed by atoms with Crippen molar-refractivity contribution >= 4 is 5.91 Å². The van der Waals surface area contributed by atoms with Crippen LogP contribution in [-0.4, -0.2) is 35.5 Å². The summed E-state index contributed by atoms with van der Waals surface area (Å²) in [4.78, 5) is 14.5. The Labute approximate surface area is 120 Å². The van der Waals surface area contributed by atoms with Crippen LogP contribution in [0.15, 0.2) is 30.3 Å². The van der Waals surface area contributed by atoms with Gasteiger partial charge >= 0.3 is 0 Å². The molecule has 2 saturated heterocycles. The molecular formula is C16H23N3O. The minimum absolute atomic E-state index is 0.126. The van der Waals surface area contributed by atoms with Crippen LogP contribution in [0.1, 0.15) is 31.2 Å². The maximum Gasteiger partial charge on any atom is 0.234 e. The molecule has 4 heteroatoms. The lowest BCUT2D eigenvalue weighted by Gasteiger charge is -2.37. The van der Waals surface area contributed by atoms with Gasteiger partial charge in [0.2, 0.25) is 5.91 Å². The molecular weight excluding hydrogens is 250 g/mol. The predicted molar refractivity (Wildman–Crippen MR) is 79.0 cm³/mol. The maximum atomic E-state index is 12.1. The number of hydrogen-bond donors (Lipinski definition) is 2. The molecule has 4 nitrogen and oxygen atoms in total. The molecule has 2 aliphatic heterocycles. The average Bonchev–Trinajstić information content (AvgIpc) is 2.69. The molecule has 0 aromatic heterocycles. The van der Waals surface area contributed by atoms with E-state index in [1.807, 2.05) is 30.3 Å². The topological polar surface area (TPSA) is 58.4 Å². The van der Waals surface area contributed by atoms with E-state index in [0.29, 0.717) is 31.2 Å². The third-order valence-electron chi connectivity index (χ3n) is 4.58. The molecule has 1 aromatic carbocycles.